The predicted molar refractivity (Wildman–Crippen MR) is 80.8 cm³/mol. The average Bonchev–Trinajstić information content (AvgIpc) is 2.51. The summed E-state index contributed by atoms with van der Waals surface area (Å²) in [6.07, 6.45) is -1.33. The van der Waals surface area contributed by atoms with Crippen molar-refractivity contribution in [2.75, 3.05) is 25.2 Å². The average molecular weight is 339 g/mol. The molecule has 0 bridgehead atoms. The summed E-state index contributed by atoms with van der Waals surface area (Å²) >= 11 is 0. The number of carbonyl (C=O) groups excluding carboxylic acids is 2. The first-order valence-electron chi connectivity index (χ1n) is 7.15. The van der Waals surface area contributed by atoms with E-state index < -0.39 is 41.4 Å². The summed E-state index contributed by atoms with van der Waals surface area (Å²) in [6.45, 7) is 2.93. The first kappa shape index (κ1) is 17.6. The maximum Gasteiger partial charge on any atom is 0.366 e. The third kappa shape index (κ3) is 3.77. The molecule has 1 amide bonds. The van der Waals surface area contributed by atoms with E-state index in [4.69, 9.17) is 14.2 Å². The van der Waals surface area contributed by atoms with Gasteiger partial charge in [-0.3, -0.25) is 14.5 Å². The second-order valence-electron chi connectivity index (χ2n) is 5.19. The molecule has 2 atom stereocenters. The fourth-order valence-corrected chi connectivity index (χ4v) is 2.19. The third-order valence-electron chi connectivity index (χ3n) is 3.21. The van der Waals surface area contributed by atoms with E-state index in [1.54, 1.807) is 6.92 Å². The lowest BCUT2D eigenvalue weighted by atomic mass is 10.2. The van der Waals surface area contributed by atoms with E-state index in [0.717, 1.165) is 4.90 Å². The lowest BCUT2D eigenvalue weighted by Crippen LogP contribution is -2.47. The molecule has 0 aliphatic carbocycles. The number of pyridine rings is 1. The molecule has 0 radical (unpaired) electrons. The standard InChI is InChI=1S/C14H17N3O7/c1-8(7-22-3)23-12(18)6-16-13-10(24-9(2)14(16)19)4-5-11(15-13)17(20)21/h4-5,8-9H,6-7H2,1-3H3. The minimum Gasteiger partial charge on any atom is -0.475 e. The number of hydrogen-bond donors (Lipinski definition) is 0. The molecule has 0 saturated heterocycles. The number of ether oxygens (including phenoxy) is 3. The van der Waals surface area contributed by atoms with Crippen molar-refractivity contribution < 1.29 is 28.7 Å². The van der Waals surface area contributed by atoms with E-state index in [-0.39, 0.29) is 18.2 Å². The number of anilines is 1. The zero-order valence-corrected chi connectivity index (χ0v) is 13.4. The number of fused-ring (bicyclic) bond motifs is 1. The fourth-order valence-electron chi connectivity index (χ4n) is 2.19. The lowest BCUT2D eigenvalue weighted by Gasteiger charge is -2.28. The number of nitrogens with zero attached hydrogens (tertiary/aromatic N) is 3. The summed E-state index contributed by atoms with van der Waals surface area (Å²) in [5, 5.41) is 10.9. The van der Waals surface area contributed by atoms with E-state index in [1.807, 2.05) is 0 Å². The van der Waals surface area contributed by atoms with Gasteiger partial charge < -0.3 is 24.3 Å². The van der Waals surface area contributed by atoms with Gasteiger partial charge in [-0.15, -0.1) is 0 Å². The largest absolute Gasteiger partial charge is 0.475 e. The molecule has 2 rings (SSSR count). The van der Waals surface area contributed by atoms with E-state index in [2.05, 4.69) is 4.98 Å². The summed E-state index contributed by atoms with van der Waals surface area (Å²) < 4.78 is 15.3. The molecule has 0 spiro atoms. The molecule has 1 aliphatic heterocycles. The van der Waals surface area contributed by atoms with Crippen LogP contribution < -0.4 is 9.64 Å². The highest BCUT2D eigenvalue weighted by molar-refractivity contribution is 6.02. The minimum absolute atomic E-state index is 0.0800. The van der Waals surface area contributed by atoms with Crippen LogP contribution in [0.1, 0.15) is 13.8 Å². The normalized spacial score (nSPS) is 17.7. The van der Waals surface area contributed by atoms with Crippen molar-refractivity contribution in [2.24, 2.45) is 0 Å². The number of methoxy groups -OCH3 is 1. The third-order valence-corrected chi connectivity index (χ3v) is 3.21. The molecule has 2 unspecified atom stereocenters. The van der Waals surface area contributed by atoms with Crippen LogP contribution in [0, 0.1) is 10.1 Å². The van der Waals surface area contributed by atoms with Crippen LogP contribution in [-0.4, -0.2) is 54.3 Å². The van der Waals surface area contributed by atoms with Crippen LogP contribution in [0.3, 0.4) is 0 Å². The Morgan fingerprint density at radius 1 is 1.54 bits per heavy atom. The van der Waals surface area contributed by atoms with Gasteiger partial charge >= 0.3 is 11.8 Å². The van der Waals surface area contributed by atoms with Crippen molar-refractivity contribution >= 4 is 23.5 Å². The molecule has 10 nitrogen and oxygen atoms in total. The Balaban J connectivity index is 2.25. The number of aromatic nitrogens is 1. The van der Waals surface area contributed by atoms with Crippen LogP contribution in [0.5, 0.6) is 5.75 Å². The molecule has 1 aromatic heterocycles. The van der Waals surface area contributed by atoms with Crippen LogP contribution in [-0.2, 0) is 19.1 Å². The van der Waals surface area contributed by atoms with E-state index in [9.17, 15) is 19.7 Å². The smallest absolute Gasteiger partial charge is 0.366 e. The Hall–Kier alpha value is -2.75. The van der Waals surface area contributed by atoms with E-state index in [0.29, 0.717) is 0 Å². The number of esters is 1. The molecular formula is C14H17N3O7. The molecule has 0 aromatic carbocycles. The molecule has 10 heteroatoms. The van der Waals surface area contributed by atoms with Gasteiger partial charge in [-0.25, -0.2) is 0 Å². The quantitative estimate of drug-likeness (QED) is 0.421. The molecule has 1 aliphatic rings. The zero-order valence-electron chi connectivity index (χ0n) is 13.4. The number of rotatable bonds is 6. The van der Waals surface area contributed by atoms with Crippen molar-refractivity contribution in [3.8, 4) is 5.75 Å². The van der Waals surface area contributed by atoms with Crippen LogP contribution in [0.15, 0.2) is 12.1 Å². The van der Waals surface area contributed by atoms with Gasteiger partial charge in [0, 0.05) is 13.2 Å². The molecule has 24 heavy (non-hydrogen) atoms. The number of carbonyl (C=O) groups is 2. The number of amides is 1. The summed E-state index contributed by atoms with van der Waals surface area (Å²) in [5.41, 5.74) is 0. The molecule has 0 fully saturated rings. The van der Waals surface area contributed by atoms with Crippen molar-refractivity contribution in [2.45, 2.75) is 26.1 Å². The Labute approximate surface area is 137 Å². The van der Waals surface area contributed by atoms with Crippen LogP contribution in [0.25, 0.3) is 0 Å². The molecule has 0 N–H and O–H groups in total. The van der Waals surface area contributed by atoms with Gasteiger partial charge in [0.25, 0.3) is 11.7 Å². The monoisotopic (exact) mass is 339 g/mol. The van der Waals surface area contributed by atoms with Gasteiger partial charge in [-0.1, -0.05) is 0 Å². The van der Waals surface area contributed by atoms with Crippen molar-refractivity contribution in [3.63, 3.8) is 0 Å². The van der Waals surface area contributed by atoms with E-state index >= 15 is 0 Å². The van der Waals surface area contributed by atoms with Gasteiger partial charge in [0.05, 0.1) is 6.61 Å². The highest BCUT2D eigenvalue weighted by Gasteiger charge is 2.38. The first-order valence-corrected chi connectivity index (χ1v) is 7.15. The fraction of sp³-hybridized carbons (Fsp3) is 0.500. The molecular weight excluding hydrogens is 322 g/mol. The first-order chi connectivity index (χ1) is 11.3. The molecule has 130 valence electrons. The number of nitro groups is 1. The Morgan fingerprint density at radius 2 is 2.25 bits per heavy atom. The lowest BCUT2D eigenvalue weighted by molar-refractivity contribution is -0.389. The SMILES string of the molecule is COCC(C)OC(=O)CN1C(=O)C(C)Oc2ccc([N+](=O)[O-])nc21. The molecule has 0 saturated carbocycles. The minimum atomic E-state index is -0.843. The van der Waals surface area contributed by atoms with Crippen LogP contribution >= 0.6 is 0 Å². The van der Waals surface area contributed by atoms with Crippen LogP contribution in [0.4, 0.5) is 11.6 Å². The van der Waals surface area contributed by atoms with Gasteiger partial charge in [-0.2, -0.15) is 0 Å². The highest BCUT2D eigenvalue weighted by Crippen LogP contribution is 2.33. The maximum atomic E-state index is 12.3. The van der Waals surface area contributed by atoms with Crippen LogP contribution in [0.2, 0.25) is 0 Å². The summed E-state index contributed by atoms with van der Waals surface area (Å²) in [7, 11) is 1.47. The Morgan fingerprint density at radius 3 is 2.88 bits per heavy atom. The second-order valence-corrected chi connectivity index (χ2v) is 5.19. The Kier molecular flexibility index (Phi) is 5.29. The second kappa shape index (κ2) is 7.21. The summed E-state index contributed by atoms with van der Waals surface area (Å²) in [4.78, 5) is 39.3. The summed E-state index contributed by atoms with van der Waals surface area (Å²) in [5.74, 6) is -1.56. The molecule has 1 aromatic rings. The van der Waals surface area contributed by atoms with E-state index in [1.165, 1.54) is 26.2 Å². The topological polar surface area (TPSA) is 121 Å². The highest BCUT2D eigenvalue weighted by atomic mass is 16.6. The number of hydrogen-bond acceptors (Lipinski definition) is 8. The van der Waals surface area contributed by atoms with Gasteiger partial charge in [-0.05, 0) is 29.8 Å². The van der Waals surface area contributed by atoms with Crippen molar-refractivity contribution in [1.29, 1.82) is 0 Å². The predicted octanol–water partition coefficient (Wildman–Crippen LogP) is 0.682. The zero-order chi connectivity index (χ0) is 17.9. The van der Waals surface area contributed by atoms with Crippen molar-refractivity contribution in [3.05, 3.63) is 22.2 Å². The maximum absolute atomic E-state index is 12.3. The Bertz CT molecular complexity index is 664. The molecule has 2 heterocycles. The van der Waals surface area contributed by atoms with Crippen molar-refractivity contribution in [1.82, 2.24) is 4.98 Å². The van der Waals surface area contributed by atoms with Gasteiger partial charge in [0.15, 0.2) is 11.9 Å². The summed E-state index contributed by atoms with van der Waals surface area (Å²) in [6, 6.07) is 2.51. The van der Waals surface area contributed by atoms with Gasteiger partial charge in [0.2, 0.25) is 0 Å². The van der Waals surface area contributed by atoms with Gasteiger partial charge in [0.1, 0.15) is 12.6 Å².